The number of anilines is 2. The second kappa shape index (κ2) is 10.9. The smallest absolute Gasteiger partial charge is 0.319 e. The summed E-state index contributed by atoms with van der Waals surface area (Å²) in [5.74, 6) is -0.636. The van der Waals surface area contributed by atoms with Crippen LogP contribution in [-0.4, -0.2) is 37.7 Å². The first kappa shape index (κ1) is 22.0. The number of methoxy groups -OCH3 is 1. The third-order valence-corrected chi connectivity index (χ3v) is 4.04. The van der Waals surface area contributed by atoms with E-state index in [1.165, 1.54) is 20.1 Å². The average molecular weight is 420 g/mol. The third kappa shape index (κ3) is 7.34. The van der Waals surface area contributed by atoms with Crippen LogP contribution >= 0.6 is 11.6 Å². The number of hydrogen-bond donors (Lipinski definition) is 3. The fourth-order valence-corrected chi connectivity index (χ4v) is 2.53. The molecule has 3 amide bonds. The lowest BCUT2D eigenvalue weighted by Gasteiger charge is -2.14. The summed E-state index contributed by atoms with van der Waals surface area (Å²) >= 11 is 6.01. The lowest BCUT2D eigenvalue weighted by Crippen LogP contribution is -2.33. The van der Waals surface area contributed by atoms with Crippen molar-refractivity contribution in [3.63, 3.8) is 0 Å². The fraction of sp³-hybridized carbons (Fsp3) is 0.250. The number of carbonyl (C=O) groups is 3. The molecule has 0 aromatic heterocycles. The molecule has 154 valence electrons. The highest BCUT2D eigenvalue weighted by atomic mass is 35.5. The highest BCUT2D eigenvalue weighted by molar-refractivity contribution is 6.32. The molecule has 0 aliphatic heterocycles. The molecule has 8 nitrogen and oxygen atoms in total. The molecular weight excluding hydrogens is 398 g/mol. The van der Waals surface area contributed by atoms with Gasteiger partial charge < -0.3 is 25.4 Å². The van der Waals surface area contributed by atoms with Crippen molar-refractivity contribution < 1.29 is 23.9 Å². The molecule has 0 saturated carbocycles. The Hall–Kier alpha value is -3.26. The molecule has 2 aromatic rings. The molecular formula is C20H22ClN3O5. The van der Waals surface area contributed by atoms with Crippen LogP contribution in [0.15, 0.2) is 48.5 Å². The molecule has 0 heterocycles. The molecule has 0 spiro atoms. The molecule has 0 bridgehead atoms. The van der Waals surface area contributed by atoms with E-state index in [1.54, 1.807) is 36.4 Å². The maximum Gasteiger partial charge on any atom is 0.319 e. The number of ether oxygens (including phenoxy) is 2. The standard InChI is InChI=1S/C20H22ClN3O5/c1-13(19(26)23-15-8-9-17(28-2)16(21)12-15)29-18(25)10-11-22-20(27)24-14-6-4-3-5-7-14/h3-9,12-13H,10-11H2,1-2H3,(H,23,26)(H2,22,24,27)/t13-/m1/s1. The summed E-state index contributed by atoms with van der Waals surface area (Å²) in [7, 11) is 1.49. The minimum atomic E-state index is -1.01. The lowest BCUT2D eigenvalue weighted by molar-refractivity contribution is -0.153. The van der Waals surface area contributed by atoms with Crippen LogP contribution in [-0.2, 0) is 14.3 Å². The monoisotopic (exact) mass is 419 g/mol. The van der Waals surface area contributed by atoms with Crippen LogP contribution in [0.1, 0.15) is 13.3 Å². The van der Waals surface area contributed by atoms with Crippen LogP contribution in [0.25, 0.3) is 0 Å². The van der Waals surface area contributed by atoms with Gasteiger partial charge in [0.05, 0.1) is 18.6 Å². The Labute approximate surface area is 173 Å². The van der Waals surface area contributed by atoms with Gasteiger partial charge in [0, 0.05) is 17.9 Å². The van der Waals surface area contributed by atoms with Crippen molar-refractivity contribution in [3.8, 4) is 5.75 Å². The average Bonchev–Trinajstić information content (AvgIpc) is 2.68. The maximum atomic E-state index is 12.2. The van der Waals surface area contributed by atoms with Gasteiger partial charge >= 0.3 is 12.0 Å². The van der Waals surface area contributed by atoms with Crippen molar-refractivity contribution in [2.45, 2.75) is 19.4 Å². The Morgan fingerprint density at radius 1 is 1.03 bits per heavy atom. The quantitative estimate of drug-likeness (QED) is 0.568. The second-order valence-corrected chi connectivity index (χ2v) is 6.37. The second-order valence-electron chi connectivity index (χ2n) is 5.97. The Kier molecular flexibility index (Phi) is 8.29. The topological polar surface area (TPSA) is 106 Å². The van der Waals surface area contributed by atoms with E-state index in [2.05, 4.69) is 16.0 Å². The first-order valence-corrected chi connectivity index (χ1v) is 9.20. The first-order chi connectivity index (χ1) is 13.9. The summed E-state index contributed by atoms with van der Waals surface area (Å²) in [6, 6.07) is 13.2. The van der Waals surface area contributed by atoms with Crippen LogP contribution in [0.4, 0.5) is 16.2 Å². The number of halogens is 1. The van der Waals surface area contributed by atoms with Crippen LogP contribution in [0.2, 0.25) is 5.02 Å². The van der Waals surface area contributed by atoms with Crippen molar-refractivity contribution >= 4 is 40.9 Å². The molecule has 0 aliphatic carbocycles. The summed E-state index contributed by atoms with van der Waals surface area (Å²) < 4.78 is 10.1. The van der Waals surface area contributed by atoms with Crippen LogP contribution in [0, 0.1) is 0 Å². The summed E-state index contributed by atoms with van der Waals surface area (Å²) in [5.41, 5.74) is 1.08. The van der Waals surface area contributed by atoms with Gasteiger partial charge in [-0.1, -0.05) is 29.8 Å². The highest BCUT2D eigenvalue weighted by Gasteiger charge is 2.18. The molecule has 9 heteroatoms. The summed E-state index contributed by atoms with van der Waals surface area (Å²) in [5, 5.41) is 8.12. The molecule has 0 fully saturated rings. The van der Waals surface area contributed by atoms with Crippen LogP contribution < -0.4 is 20.7 Å². The SMILES string of the molecule is COc1ccc(NC(=O)[C@@H](C)OC(=O)CCNC(=O)Nc2ccccc2)cc1Cl. The maximum absolute atomic E-state index is 12.2. The van der Waals surface area contributed by atoms with E-state index >= 15 is 0 Å². The molecule has 1 atom stereocenters. The Morgan fingerprint density at radius 2 is 1.76 bits per heavy atom. The number of para-hydroxylation sites is 1. The number of rotatable bonds is 8. The number of urea groups is 1. The zero-order chi connectivity index (χ0) is 21.2. The largest absolute Gasteiger partial charge is 0.495 e. The Balaban J connectivity index is 1.71. The Bertz CT molecular complexity index is 860. The minimum Gasteiger partial charge on any atom is -0.495 e. The minimum absolute atomic E-state index is 0.0694. The third-order valence-electron chi connectivity index (χ3n) is 3.74. The van der Waals surface area contributed by atoms with Gasteiger partial charge in [0.15, 0.2) is 6.10 Å². The van der Waals surface area contributed by atoms with Gasteiger partial charge in [-0.15, -0.1) is 0 Å². The van der Waals surface area contributed by atoms with Gasteiger partial charge in [-0.05, 0) is 37.3 Å². The van der Waals surface area contributed by atoms with Crippen molar-refractivity contribution in [3.05, 3.63) is 53.6 Å². The normalized spacial score (nSPS) is 11.1. The lowest BCUT2D eigenvalue weighted by atomic mass is 10.2. The molecule has 0 unspecified atom stereocenters. The van der Waals surface area contributed by atoms with Gasteiger partial charge in [0.25, 0.3) is 5.91 Å². The van der Waals surface area contributed by atoms with Crippen molar-refractivity contribution in [1.82, 2.24) is 5.32 Å². The van der Waals surface area contributed by atoms with Gasteiger partial charge in [-0.25, -0.2) is 4.79 Å². The predicted molar refractivity (Wildman–Crippen MR) is 110 cm³/mol. The van der Waals surface area contributed by atoms with Crippen molar-refractivity contribution in [2.24, 2.45) is 0 Å². The number of nitrogens with one attached hydrogen (secondary N) is 3. The van der Waals surface area contributed by atoms with Crippen LogP contribution in [0.5, 0.6) is 5.75 Å². The molecule has 3 N–H and O–H groups in total. The zero-order valence-corrected chi connectivity index (χ0v) is 16.8. The van der Waals surface area contributed by atoms with Gasteiger partial charge in [-0.2, -0.15) is 0 Å². The highest BCUT2D eigenvalue weighted by Crippen LogP contribution is 2.27. The van der Waals surface area contributed by atoms with Crippen molar-refractivity contribution in [2.75, 3.05) is 24.3 Å². The molecule has 29 heavy (non-hydrogen) atoms. The van der Waals surface area contributed by atoms with Crippen molar-refractivity contribution in [1.29, 1.82) is 0 Å². The molecule has 2 aromatic carbocycles. The molecule has 0 radical (unpaired) electrons. The fourth-order valence-electron chi connectivity index (χ4n) is 2.27. The summed E-state index contributed by atoms with van der Waals surface area (Å²) in [6.45, 7) is 1.52. The van der Waals surface area contributed by atoms with Gasteiger partial charge in [0.1, 0.15) is 5.75 Å². The summed E-state index contributed by atoms with van der Waals surface area (Å²) in [6.07, 6.45) is -1.09. The van der Waals surface area contributed by atoms with Crippen LogP contribution in [0.3, 0.4) is 0 Å². The molecule has 2 rings (SSSR count). The van der Waals surface area contributed by atoms with E-state index in [1.807, 2.05) is 6.07 Å². The number of hydrogen-bond acceptors (Lipinski definition) is 5. The number of esters is 1. The van der Waals surface area contributed by atoms with E-state index in [9.17, 15) is 14.4 Å². The van der Waals surface area contributed by atoms with Gasteiger partial charge in [-0.3, -0.25) is 9.59 Å². The molecule has 0 aliphatic rings. The van der Waals surface area contributed by atoms with E-state index < -0.39 is 24.0 Å². The van der Waals surface area contributed by atoms with E-state index in [0.29, 0.717) is 22.1 Å². The van der Waals surface area contributed by atoms with Gasteiger partial charge in [0.2, 0.25) is 0 Å². The van der Waals surface area contributed by atoms with E-state index in [4.69, 9.17) is 21.1 Å². The number of benzene rings is 2. The van der Waals surface area contributed by atoms with E-state index in [-0.39, 0.29) is 13.0 Å². The first-order valence-electron chi connectivity index (χ1n) is 8.83. The predicted octanol–water partition coefficient (Wildman–Crippen LogP) is 3.43. The summed E-state index contributed by atoms with van der Waals surface area (Å²) in [4.78, 5) is 35.8. The molecule has 0 saturated heterocycles. The zero-order valence-electron chi connectivity index (χ0n) is 16.0. The Morgan fingerprint density at radius 3 is 2.41 bits per heavy atom. The number of amides is 3. The number of carbonyl (C=O) groups excluding carboxylic acids is 3. The van der Waals surface area contributed by atoms with E-state index in [0.717, 1.165) is 0 Å².